The summed E-state index contributed by atoms with van der Waals surface area (Å²) in [6.07, 6.45) is 0.0791. The smallest absolute Gasteiger partial charge is 0.149 e. The zero-order valence-electron chi connectivity index (χ0n) is 9.76. The lowest BCUT2D eigenvalue weighted by Crippen LogP contribution is -2.25. The van der Waals surface area contributed by atoms with Crippen molar-refractivity contribution in [3.8, 4) is 6.07 Å². The normalized spacial score (nSPS) is 13.8. The summed E-state index contributed by atoms with van der Waals surface area (Å²) < 4.78 is 0. The number of halogens is 2. The molecule has 0 heterocycles. The van der Waals surface area contributed by atoms with E-state index in [1.807, 2.05) is 13.0 Å². The number of nitrogens with zero attached hydrogens (tertiary/aromatic N) is 1. The highest BCUT2D eigenvalue weighted by molar-refractivity contribution is 6.31. The molecule has 0 radical (unpaired) electrons. The van der Waals surface area contributed by atoms with Crippen LogP contribution < -0.4 is 0 Å². The van der Waals surface area contributed by atoms with Gasteiger partial charge in [0, 0.05) is 11.4 Å². The van der Waals surface area contributed by atoms with Gasteiger partial charge in [-0.25, -0.2) is 0 Å². The Morgan fingerprint density at radius 2 is 2.18 bits per heavy atom. The van der Waals surface area contributed by atoms with Crippen LogP contribution in [0.1, 0.15) is 24.5 Å². The summed E-state index contributed by atoms with van der Waals surface area (Å²) in [7, 11) is 0. The van der Waals surface area contributed by atoms with Crippen LogP contribution in [0.25, 0.3) is 0 Å². The summed E-state index contributed by atoms with van der Waals surface area (Å²) in [5.74, 6) is -0.242. The summed E-state index contributed by atoms with van der Waals surface area (Å²) in [6.45, 7) is 3.62. The number of nitriles is 1. The fourth-order valence-electron chi connectivity index (χ4n) is 1.70. The van der Waals surface area contributed by atoms with Crippen LogP contribution in [-0.2, 0) is 10.2 Å². The highest BCUT2D eigenvalue weighted by Gasteiger charge is 2.31. The predicted octanol–water partition coefficient (Wildman–Crippen LogP) is 3.63. The fourth-order valence-corrected chi connectivity index (χ4v) is 2.24. The summed E-state index contributed by atoms with van der Waals surface area (Å²) in [4.78, 5) is 11.4. The Balaban J connectivity index is 3.17. The van der Waals surface area contributed by atoms with E-state index in [2.05, 4.69) is 6.07 Å². The quantitative estimate of drug-likeness (QED) is 0.784. The minimum Gasteiger partial charge on any atom is -0.298 e. The number of alkyl halides is 1. The number of hydrogen-bond acceptors (Lipinski definition) is 2. The molecule has 0 aliphatic heterocycles. The zero-order chi connectivity index (χ0) is 13.1. The molecule has 0 aliphatic carbocycles. The number of carbonyl (C=O) groups excluding carboxylic acids is 1. The molecule has 1 aromatic carbocycles. The van der Waals surface area contributed by atoms with Crippen molar-refractivity contribution in [2.45, 2.75) is 25.7 Å². The Hall–Kier alpha value is -1.04. The summed E-state index contributed by atoms with van der Waals surface area (Å²) in [5, 5.41) is 9.78. The average Bonchev–Trinajstić information content (AvgIpc) is 2.28. The molecule has 17 heavy (non-hydrogen) atoms. The lowest BCUT2D eigenvalue weighted by atomic mass is 9.79. The van der Waals surface area contributed by atoms with Gasteiger partial charge in [0.1, 0.15) is 5.78 Å². The van der Waals surface area contributed by atoms with Gasteiger partial charge in [0.15, 0.2) is 0 Å². The van der Waals surface area contributed by atoms with Crippen LogP contribution in [0.5, 0.6) is 0 Å². The monoisotopic (exact) mass is 269 g/mol. The molecule has 0 saturated heterocycles. The largest absolute Gasteiger partial charge is 0.298 e. The second-order valence-corrected chi connectivity index (χ2v) is 4.95. The summed E-state index contributed by atoms with van der Waals surface area (Å²) in [5.41, 5.74) is 0.768. The SMILES string of the molecule is Cc1ccc(C(C)(C#N)CC(=O)CCl)c(Cl)c1. The molecule has 0 aromatic heterocycles. The number of ketones is 1. The lowest BCUT2D eigenvalue weighted by molar-refractivity contribution is -0.117. The van der Waals surface area contributed by atoms with E-state index < -0.39 is 5.41 Å². The Bertz CT molecular complexity index is 479. The Morgan fingerprint density at radius 1 is 1.53 bits per heavy atom. The highest BCUT2D eigenvalue weighted by Crippen LogP contribution is 2.33. The molecule has 0 bridgehead atoms. The second kappa shape index (κ2) is 5.53. The van der Waals surface area contributed by atoms with Gasteiger partial charge in [0.2, 0.25) is 0 Å². The molecule has 1 aromatic rings. The van der Waals surface area contributed by atoms with Crippen LogP contribution in [0.15, 0.2) is 18.2 Å². The average molecular weight is 270 g/mol. The third-order valence-corrected chi connectivity index (χ3v) is 3.28. The van der Waals surface area contributed by atoms with E-state index in [1.165, 1.54) is 0 Å². The maximum absolute atomic E-state index is 11.4. The van der Waals surface area contributed by atoms with Gasteiger partial charge in [-0.1, -0.05) is 23.7 Å². The molecule has 1 unspecified atom stereocenters. The van der Waals surface area contributed by atoms with Gasteiger partial charge in [0.05, 0.1) is 17.4 Å². The molecule has 0 spiro atoms. The standard InChI is InChI=1S/C13H13Cl2NO/c1-9-3-4-11(12(15)5-9)13(2,8-16)6-10(17)7-14/h3-5H,6-7H2,1-2H3. The number of carbonyl (C=O) groups is 1. The van der Waals surface area contributed by atoms with Crippen molar-refractivity contribution in [3.05, 3.63) is 34.3 Å². The molecule has 4 heteroatoms. The van der Waals surface area contributed by atoms with Crippen LogP contribution in [0.2, 0.25) is 5.02 Å². The maximum Gasteiger partial charge on any atom is 0.149 e. The Kier molecular flexibility index (Phi) is 4.56. The maximum atomic E-state index is 11.4. The highest BCUT2D eigenvalue weighted by atomic mass is 35.5. The molecule has 0 aliphatic rings. The topological polar surface area (TPSA) is 40.9 Å². The van der Waals surface area contributed by atoms with Gasteiger partial charge >= 0.3 is 0 Å². The van der Waals surface area contributed by atoms with Crippen molar-refractivity contribution >= 4 is 29.0 Å². The van der Waals surface area contributed by atoms with E-state index in [-0.39, 0.29) is 18.1 Å². The van der Waals surface area contributed by atoms with Gasteiger partial charge < -0.3 is 0 Å². The molecule has 0 amide bonds. The van der Waals surface area contributed by atoms with Crippen molar-refractivity contribution in [1.29, 1.82) is 5.26 Å². The second-order valence-electron chi connectivity index (χ2n) is 4.28. The third kappa shape index (κ3) is 3.21. The molecule has 90 valence electrons. The molecule has 0 saturated carbocycles. The molecule has 1 rings (SSSR count). The van der Waals surface area contributed by atoms with E-state index in [4.69, 9.17) is 23.2 Å². The minimum absolute atomic E-state index is 0.0791. The Morgan fingerprint density at radius 3 is 2.65 bits per heavy atom. The van der Waals surface area contributed by atoms with Gasteiger partial charge in [-0.3, -0.25) is 4.79 Å². The Labute approximate surface area is 111 Å². The van der Waals surface area contributed by atoms with Crippen molar-refractivity contribution in [1.82, 2.24) is 0 Å². The van der Waals surface area contributed by atoms with E-state index >= 15 is 0 Å². The van der Waals surface area contributed by atoms with Gasteiger partial charge in [0.25, 0.3) is 0 Å². The van der Waals surface area contributed by atoms with Crippen LogP contribution in [0.3, 0.4) is 0 Å². The number of aryl methyl sites for hydroxylation is 1. The fraction of sp³-hybridized carbons (Fsp3) is 0.385. The molecule has 0 fully saturated rings. The van der Waals surface area contributed by atoms with E-state index in [9.17, 15) is 10.1 Å². The van der Waals surface area contributed by atoms with Crippen LogP contribution in [0.4, 0.5) is 0 Å². The number of benzene rings is 1. The molecular weight excluding hydrogens is 257 g/mol. The van der Waals surface area contributed by atoms with Gasteiger partial charge in [-0.2, -0.15) is 5.26 Å². The van der Waals surface area contributed by atoms with Crippen LogP contribution in [-0.4, -0.2) is 11.7 Å². The number of hydrogen-bond donors (Lipinski definition) is 0. The first-order valence-corrected chi connectivity index (χ1v) is 6.10. The first-order chi connectivity index (χ1) is 7.92. The predicted molar refractivity (Wildman–Crippen MR) is 69.5 cm³/mol. The molecular formula is C13H13Cl2NO. The third-order valence-electron chi connectivity index (χ3n) is 2.67. The molecule has 1 atom stereocenters. The lowest BCUT2D eigenvalue weighted by Gasteiger charge is -2.22. The van der Waals surface area contributed by atoms with Crippen LogP contribution in [0, 0.1) is 18.3 Å². The first-order valence-electron chi connectivity index (χ1n) is 5.18. The van der Waals surface area contributed by atoms with Gasteiger partial charge in [-0.15, -0.1) is 11.6 Å². The van der Waals surface area contributed by atoms with E-state index in [1.54, 1.807) is 19.1 Å². The summed E-state index contributed by atoms with van der Waals surface area (Å²) >= 11 is 11.6. The van der Waals surface area contributed by atoms with Gasteiger partial charge in [-0.05, 0) is 31.0 Å². The van der Waals surface area contributed by atoms with Crippen LogP contribution >= 0.6 is 23.2 Å². The van der Waals surface area contributed by atoms with E-state index in [0.717, 1.165) is 5.56 Å². The molecule has 0 N–H and O–H groups in total. The van der Waals surface area contributed by atoms with Crippen molar-refractivity contribution < 1.29 is 4.79 Å². The zero-order valence-corrected chi connectivity index (χ0v) is 11.3. The molecule has 2 nitrogen and oxygen atoms in total. The number of Topliss-reactive ketones (excluding diaryl/α,β-unsaturated/α-hetero) is 1. The van der Waals surface area contributed by atoms with E-state index in [0.29, 0.717) is 10.6 Å². The minimum atomic E-state index is -0.920. The number of rotatable bonds is 4. The summed E-state index contributed by atoms with van der Waals surface area (Å²) in [6, 6.07) is 7.62. The van der Waals surface area contributed by atoms with Crippen molar-refractivity contribution in [2.24, 2.45) is 0 Å². The first kappa shape index (κ1) is 14.0. The van der Waals surface area contributed by atoms with Crippen molar-refractivity contribution in [2.75, 3.05) is 5.88 Å². The van der Waals surface area contributed by atoms with Crippen molar-refractivity contribution in [3.63, 3.8) is 0 Å².